The van der Waals surface area contributed by atoms with Crippen molar-refractivity contribution in [1.82, 2.24) is 10.6 Å². The Balaban J connectivity index is 1.44. The van der Waals surface area contributed by atoms with Gasteiger partial charge in [-0.1, -0.05) is 18.2 Å². The van der Waals surface area contributed by atoms with Gasteiger partial charge in [0, 0.05) is 38.2 Å². The Hall–Kier alpha value is -2.67. The van der Waals surface area contributed by atoms with Crippen molar-refractivity contribution in [2.45, 2.75) is 32.2 Å². The fourth-order valence-electron chi connectivity index (χ4n) is 2.99. The van der Waals surface area contributed by atoms with Crippen molar-refractivity contribution < 1.29 is 14.4 Å². The van der Waals surface area contributed by atoms with Crippen LogP contribution in [0.3, 0.4) is 0 Å². The third kappa shape index (κ3) is 5.40. The van der Waals surface area contributed by atoms with E-state index < -0.39 is 0 Å². The van der Waals surface area contributed by atoms with E-state index in [0.29, 0.717) is 24.4 Å². The molecule has 0 saturated carbocycles. The van der Waals surface area contributed by atoms with Crippen LogP contribution in [0.5, 0.6) is 0 Å². The minimum Gasteiger partial charge on any atom is -0.352 e. The van der Waals surface area contributed by atoms with Gasteiger partial charge in [0.25, 0.3) is 5.91 Å². The molecule has 0 aliphatic carbocycles. The fourth-order valence-corrected chi connectivity index (χ4v) is 3.63. The van der Waals surface area contributed by atoms with E-state index in [1.807, 2.05) is 40.6 Å². The number of nitrogens with one attached hydrogen (secondary N) is 2. The van der Waals surface area contributed by atoms with Gasteiger partial charge in [-0.2, -0.15) is 0 Å². The largest absolute Gasteiger partial charge is 0.352 e. The van der Waals surface area contributed by atoms with Gasteiger partial charge in [-0.05, 0) is 42.0 Å². The molecule has 0 atom stereocenters. The van der Waals surface area contributed by atoms with Gasteiger partial charge >= 0.3 is 0 Å². The Morgan fingerprint density at radius 3 is 2.78 bits per heavy atom. The fraction of sp³-hybridized carbons (Fsp3) is 0.350. The SMILES string of the molecule is O=C(CCNC(=O)c1cccs1)NCc1cccc(N2CCCCC2=O)c1. The Morgan fingerprint density at radius 2 is 2.00 bits per heavy atom. The number of amides is 3. The standard InChI is InChI=1S/C20H23N3O3S/c24-18(9-10-21-20(26)17-7-4-12-27-17)22-14-15-5-3-6-16(13-15)23-11-2-1-8-19(23)25/h3-7,12-13H,1-2,8-11,14H2,(H,21,26)(H,22,24). The molecular formula is C20H23N3O3S. The molecule has 7 heteroatoms. The number of piperidine rings is 1. The number of carbonyl (C=O) groups excluding carboxylic acids is 3. The van der Waals surface area contributed by atoms with Crippen molar-refractivity contribution in [3.63, 3.8) is 0 Å². The molecule has 142 valence electrons. The molecule has 1 saturated heterocycles. The quantitative estimate of drug-likeness (QED) is 0.769. The minimum absolute atomic E-state index is 0.124. The van der Waals surface area contributed by atoms with E-state index in [-0.39, 0.29) is 24.1 Å². The van der Waals surface area contributed by atoms with Gasteiger partial charge < -0.3 is 15.5 Å². The highest BCUT2D eigenvalue weighted by Crippen LogP contribution is 2.21. The van der Waals surface area contributed by atoms with Crippen LogP contribution in [0.2, 0.25) is 0 Å². The molecule has 6 nitrogen and oxygen atoms in total. The van der Waals surface area contributed by atoms with E-state index in [1.54, 1.807) is 6.07 Å². The number of hydrogen-bond donors (Lipinski definition) is 2. The average molecular weight is 385 g/mol. The van der Waals surface area contributed by atoms with Gasteiger partial charge in [0.2, 0.25) is 11.8 Å². The molecule has 0 spiro atoms. The second-order valence-electron chi connectivity index (χ2n) is 6.43. The van der Waals surface area contributed by atoms with Crippen LogP contribution >= 0.6 is 11.3 Å². The molecule has 27 heavy (non-hydrogen) atoms. The zero-order valence-corrected chi connectivity index (χ0v) is 15.9. The van der Waals surface area contributed by atoms with Crippen LogP contribution in [-0.4, -0.2) is 30.8 Å². The van der Waals surface area contributed by atoms with E-state index >= 15 is 0 Å². The van der Waals surface area contributed by atoms with Gasteiger partial charge in [-0.3, -0.25) is 14.4 Å². The van der Waals surface area contributed by atoms with Crippen LogP contribution in [-0.2, 0) is 16.1 Å². The summed E-state index contributed by atoms with van der Waals surface area (Å²) in [5.74, 6) is -0.124. The molecule has 1 aromatic carbocycles. The van der Waals surface area contributed by atoms with Crippen molar-refractivity contribution >= 4 is 34.7 Å². The Labute approximate surface area is 162 Å². The van der Waals surface area contributed by atoms with Gasteiger partial charge in [0.05, 0.1) is 4.88 Å². The van der Waals surface area contributed by atoms with Gasteiger partial charge in [-0.25, -0.2) is 0 Å². The number of carbonyl (C=O) groups is 3. The van der Waals surface area contributed by atoms with Gasteiger partial charge in [-0.15, -0.1) is 11.3 Å². The minimum atomic E-state index is -0.156. The summed E-state index contributed by atoms with van der Waals surface area (Å²) in [5, 5.41) is 7.44. The highest BCUT2D eigenvalue weighted by molar-refractivity contribution is 7.12. The lowest BCUT2D eigenvalue weighted by Crippen LogP contribution is -2.35. The molecule has 1 aliphatic heterocycles. The summed E-state index contributed by atoms with van der Waals surface area (Å²) >= 11 is 1.37. The van der Waals surface area contributed by atoms with Crippen LogP contribution in [0.1, 0.15) is 40.9 Å². The van der Waals surface area contributed by atoms with Gasteiger partial charge in [0.1, 0.15) is 0 Å². The van der Waals surface area contributed by atoms with Crippen molar-refractivity contribution in [2.24, 2.45) is 0 Å². The molecule has 1 aromatic heterocycles. The maximum Gasteiger partial charge on any atom is 0.261 e. The Kier molecular flexibility index (Phi) is 6.59. The molecule has 3 amide bonds. The summed E-state index contributed by atoms with van der Waals surface area (Å²) in [6, 6.07) is 11.3. The highest BCUT2D eigenvalue weighted by Gasteiger charge is 2.19. The molecule has 3 rings (SSSR count). The highest BCUT2D eigenvalue weighted by atomic mass is 32.1. The summed E-state index contributed by atoms with van der Waals surface area (Å²) in [5.41, 5.74) is 1.83. The van der Waals surface area contributed by atoms with Crippen LogP contribution in [0, 0.1) is 0 Å². The molecule has 0 bridgehead atoms. The van der Waals surface area contributed by atoms with Crippen LogP contribution in [0.15, 0.2) is 41.8 Å². The summed E-state index contributed by atoms with van der Waals surface area (Å²) < 4.78 is 0. The van der Waals surface area contributed by atoms with Crippen molar-refractivity contribution in [3.8, 4) is 0 Å². The Morgan fingerprint density at radius 1 is 1.11 bits per heavy atom. The lowest BCUT2D eigenvalue weighted by atomic mass is 10.1. The average Bonchev–Trinajstić information content (AvgIpc) is 3.22. The summed E-state index contributed by atoms with van der Waals surface area (Å²) in [7, 11) is 0. The Bertz CT molecular complexity index is 805. The number of hydrogen-bond acceptors (Lipinski definition) is 4. The number of anilines is 1. The van der Waals surface area contributed by atoms with E-state index in [2.05, 4.69) is 10.6 Å². The number of nitrogens with zero attached hydrogens (tertiary/aromatic N) is 1. The number of thiophene rings is 1. The molecule has 0 radical (unpaired) electrons. The first-order chi connectivity index (χ1) is 13.1. The predicted octanol–water partition coefficient (Wildman–Crippen LogP) is 2.70. The van der Waals surface area contributed by atoms with E-state index in [0.717, 1.165) is 30.6 Å². The van der Waals surface area contributed by atoms with E-state index in [9.17, 15) is 14.4 Å². The molecule has 1 fully saturated rings. The molecule has 1 aliphatic rings. The maximum absolute atomic E-state index is 12.1. The van der Waals surface area contributed by atoms with Crippen LogP contribution in [0.25, 0.3) is 0 Å². The predicted molar refractivity (Wildman–Crippen MR) is 106 cm³/mol. The van der Waals surface area contributed by atoms with Crippen molar-refractivity contribution in [3.05, 3.63) is 52.2 Å². The first-order valence-electron chi connectivity index (χ1n) is 9.11. The second-order valence-corrected chi connectivity index (χ2v) is 7.38. The van der Waals surface area contributed by atoms with E-state index in [4.69, 9.17) is 0 Å². The van der Waals surface area contributed by atoms with E-state index in [1.165, 1.54) is 11.3 Å². The van der Waals surface area contributed by atoms with Crippen molar-refractivity contribution in [1.29, 1.82) is 0 Å². The summed E-state index contributed by atoms with van der Waals surface area (Å²) in [4.78, 5) is 38.3. The first-order valence-corrected chi connectivity index (χ1v) is 9.99. The lowest BCUT2D eigenvalue weighted by molar-refractivity contribution is -0.121. The second kappa shape index (κ2) is 9.32. The summed E-state index contributed by atoms with van der Waals surface area (Å²) in [6.45, 7) is 1.44. The molecule has 2 heterocycles. The monoisotopic (exact) mass is 385 g/mol. The number of benzene rings is 1. The third-order valence-electron chi connectivity index (χ3n) is 4.42. The molecule has 2 aromatic rings. The molecule has 2 N–H and O–H groups in total. The zero-order chi connectivity index (χ0) is 19.1. The third-order valence-corrected chi connectivity index (χ3v) is 5.29. The normalized spacial score (nSPS) is 14.1. The maximum atomic E-state index is 12.1. The smallest absolute Gasteiger partial charge is 0.261 e. The topological polar surface area (TPSA) is 78.5 Å². The lowest BCUT2D eigenvalue weighted by Gasteiger charge is -2.27. The molecule has 0 unspecified atom stereocenters. The van der Waals surface area contributed by atoms with Crippen LogP contribution in [0.4, 0.5) is 5.69 Å². The number of rotatable bonds is 7. The zero-order valence-electron chi connectivity index (χ0n) is 15.1. The van der Waals surface area contributed by atoms with Crippen molar-refractivity contribution in [2.75, 3.05) is 18.0 Å². The van der Waals surface area contributed by atoms with Crippen LogP contribution < -0.4 is 15.5 Å². The first kappa shape index (κ1) is 19.1. The molecular weight excluding hydrogens is 362 g/mol. The van der Waals surface area contributed by atoms with Gasteiger partial charge in [0.15, 0.2) is 0 Å². The summed E-state index contributed by atoms with van der Waals surface area (Å²) in [6.07, 6.45) is 2.79.